The van der Waals surface area contributed by atoms with Gasteiger partial charge in [-0.05, 0) is 44.0 Å². The fourth-order valence-corrected chi connectivity index (χ4v) is 1.90. The molecule has 0 aliphatic heterocycles. The van der Waals surface area contributed by atoms with Crippen LogP contribution in [-0.4, -0.2) is 24.2 Å². The lowest BCUT2D eigenvalue weighted by molar-refractivity contribution is -0.145. The molecule has 2 rings (SSSR count). The van der Waals surface area contributed by atoms with Gasteiger partial charge in [-0.15, -0.1) is 0 Å². The number of aromatic nitrogens is 1. The Morgan fingerprint density at radius 1 is 1.26 bits per heavy atom. The molecule has 0 unspecified atom stereocenters. The van der Waals surface area contributed by atoms with Crippen LogP contribution in [-0.2, 0) is 9.53 Å². The largest absolute Gasteiger partial charge is 0.481 e. The smallest absolute Gasteiger partial charge is 0.344 e. The SMILES string of the molecule is CCOC(=O)COc1ccnc2c(C)c(C)ccc12. The van der Waals surface area contributed by atoms with Crippen LogP contribution >= 0.6 is 0 Å². The molecule has 100 valence electrons. The Balaban J connectivity index is 2.29. The molecule has 0 aliphatic carbocycles. The average Bonchev–Trinajstić information content (AvgIpc) is 2.41. The van der Waals surface area contributed by atoms with Crippen LogP contribution in [0.3, 0.4) is 0 Å². The highest BCUT2D eigenvalue weighted by molar-refractivity contribution is 5.88. The van der Waals surface area contributed by atoms with Crippen molar-refractivity contribution in [2.75, 3.05) is 13.2 Å². The molecule has 0 spiro atoms. The molecule has 1 heterocycles. The van der Waals surface area contributed by atoms with Gasteiger partial charge in [-0.25, -0.2) is 4.79 Å². The van der Waals surface area contributed by atoms with Crippen LogP contribution in [0.2, 0.25) is 0 Å². The molecule has 4 nitrogen and oxygen atoms in total. The lowest BCUT2D eigenvalue weighted by atomic mass is 10.1. The van der Waals surface area contributed by atoms with E-state index in [2.05, 4.69) is 4.98 Å². The zero-order valence-electron chi connectivity index (χ0n) is 11.4. The second-order valence-electron chi connectivity index (χ2n) is 4.31. The number of aryl methyl sites for hydroxylation is 2. The lowest BCUT2D eigenvalue weighted by Gasteiger charge is -2.10. The minimum atomic E-state index is -0.365. The van der Waals surface area contributed by atoms with Crippen LogP contribution in [0.1, 0.15) is 18.1 Å². The summed E-state index contributed by atoms with van der Waals surface area (Å²) in [7, 11) is 0. The number of ether oxygens (including phenoxy) is 2. The number of nitrogens with zero attached hydrogens (tertiary/aromatic N) is 1. The highest BCUT2D eigenvalue weighted by Gasteiger charge is 2.09. The molecule has 2 aromatic rings. The number of rotatable bonds is 4. The molecule has 1 aromatic heterocycles. The number of fused-ring (bicyclic) bond motifs is 1. The van der Waals surface area contributed by atoms with Crippen LogP contribution in [0.15, 0.2) is 24.4 Å². The van der Waals surface area contributed by atoms with E-state index in [0.29, 0.717) is 12.4 Å². The second kappa shape index (κ2) is 5.69. The first-order valence-corrected chi connectivity index (χ1v) is 6.26. The Labute approximate surface area is 112 Å². The third-order valence-corrected chi connectivity index (χ3v) is 3.05. The maximum Gasteiger partial charge on any atom is 0.344 e. The predicted octanol–water partition coefficient (Wildman–Crippen LogP) is 2.79. The zero-order chi connectivity index (χ0) is 13.8. The van der Waals surface area contributed by atoms with Crippen LogP contribution in [0, 0.1) is 13.8 Å². The van der Waals surface area contributed by atoms with Gasteiger partial charge >= 0.3 is 5.97 Å². The van der Waals surface area contributed by atoms with Crippen LogP contribution in [0.5, 0.6) is 5.75 Å². The summed E-state index contributed by atoms with van der Waals surface area (Å²) in [6, 6.07) is 5.75. The highest BCUT2D eigenvalue weighted by atomic mass is 16.6. The first kappa shape index (κ1) is 13.3. The van der Waals surface area contributed by atoms with Gasteiger partial charge in [0.05, 0.1) is 12.1 Å². The van der Waals surface area contributed by atoms with Gasteiger partial charge < -0.3 is 9.47 Å². The van der Waals surface area contributed by atoms with Crippen molar-refractivity contribution in [2.24, 2.45) is 0 Å². The van der Waals surface area contributed by atoms with E-state index >= 15 is 0 Å². The number of pyridine rings is 1. The molecule has 4 heteroatoms. The first-order valence-electron chi connectivity index (χ1n) is 6.26. The van der Waals surface area contributed by atoms with Crippen molar-refractivity contribution in [1.29, 1.82) is 0 Å². The van der Waals surface area contributed by atoms with E-state index in [-0.39, 0.29) is 12.6 Å². The summed E-state index contributed by atoms with van der Waals surface area (Å²) in [6.45, 7) is 6.12. The number of benzene rings is 1. The Kier molecular flexibility index (Phi) is 4.00. The van der Waals surface area contributed by atoms with Gasteiger partial charge in [0.15, 0.2) is 6.61 Å². The Hall–Kier alpha value is -2.10. The van der Waals surface area contributed by atoms with Crippen molar-refractivity contribution < 1.29 is 14.3 Å². The van der Waals surface area contributed by atoms with E-state index in [1.54, 1.807) is 19.2 Å². The van der Waals surface area contributed by atoms with Crippen molar-refractivity contribution in [3.63, 3.8) is 0 Å². The Morgan fingerprint density at radius 3 is 2.79 bits per heavy atom. The number of carbonyl (C=O) groups excluding carboxylic acids is 1. The maximum atomic E-state index is 11.3. The van der Waals surface area contributed by atoms with E-state index in [1.165, 1.54) is 5.56 Å². The van der Waals surface area contributed by atoms with Crippen molar-refractivity contribution >= 4 is 16.9 Å². The topological polar surface area (TPSA) is 48.4 Å². The Bertz CT molecular complexity index is 608. The molecule has 0 saturated heterocycles. The summed E-state index contributed by atoms with van der Waals surface area (Å²) in [5, 5.41) is 0.912. The molecule has 0 amide bonds. The fraction of sp³-hybridized carbons (Fsp3) is 0.333. The number of hydrogen-bond donors (Lipinski definition) is 0. The van der Waals surface area contributed by atoms with Crippen molar-refractivity contribution in [2.45, 2.75) is 20.8 Å². The van der Waals surface area contributed by atoms with Gasteiger partial charge in [-0.1, -0.05) is 6.07 Å². The van der Waals surface area contributed by atoms with Crippen LogP contribution in [0.25, 0.3) is 10.9 Å². The maximum absolute atomic E-state index is 11.3. The fourth-order valence-electron chi connectivity index (χ4n) is 1.90. The average molecular weight is 259 g/mol. The van der Waals surface area contributed by atoms with Gasteiger partial charge in [-0.3, -0.25) is 4.98 Å². The van der Waals surface area contributed by atoms with Crippen LogP contribution in [0.4, 0.5) is 0 Å². The summed E-state index contributed by atoms with van der Waals surface area (Å²) in [5.41, 5.74) is 3.21. The van der Waals surface area contributed by atoms with Crippen molar-refractivity contribution in [1.82, 2.24) is 4.98 Å². The summed E-state index contributed by atoms with van der Waals surface area (Å²) in [5.74, 6) is 0.289. The number of carbonyl (C=O) groups is 1. The summed E-state index contributed by atoms with van der Waals surface area (Å²) < 4.78 is 10.4. The minimum absolute atomic E-state index is 0.0835. The predicted molar refractivity (Wildman–Crippen MR) is 73.3 cm³/mol. The third kappa shape index (κ3) is 2.84. The molecule has 0 saturated carbocycles. The molecule has 1 aromatic carbocycles. The first-order chi connectivity index (χ1) is 9.13. The van der Waals surface area contributed by atoms with Crippen LogP contribution < -0.4 is 4.74 Å². The molecular formula is C15H17NO3. The molecule has 0 bridgehead atoms. The molecule has 0 radical (unpaired) electrons. The second-order valence-corrected chi connectivity index (χ2v) is 4.31. The van der Waals surface area contributed by atoms with Crippen molar-refractivity contribution in [3.8, 4) is 5.75 Å². The number of hydrogen-bond acceptors (Lipinski definition) is 4. The van der Waals surface area contributed by atoms with Gasteiger partial charge in [0, 0.05) is 11.6 Å². The molecule has 19 heavy (non-hydrogen) atoms. The van der Waals surface area contributed by atoms with Gasteiger partial charge in [0.1, 0.15) is 5.75 Å². The van der Waals surface area contributed by atoms with E-state index in [4.69, 9.17) is 9.47 Å². The van der Waals surface area contributed by atoms with E-state index in [1.807, 2.05) is 26.0 Å². The summed E-state index contributed by atoms with van der Waals surface area (Å²) in [6.07, 6.45) is 1.69. The molecule has 0 aliphatic rings. The van der Waals surface area contributed by atoms with Gasteiger partial charge in [0.2, 0.25) is 0 Å². The molecular weight excluding hydrogens is 242 g/mol. The van der Waals surface area contributed by atoms with E-state index in [0.717, 1.165) is 16.5 Å². The monoisotopic (exact) mass is 259 g/mol. The minimum Gasteiger partial charge on any atom is -0.481 e. The van der Waals surface area contributed by atoms with E-state index < -0.39 is 0 Å². The standard InChI is InChI=1S/C15H17NO3/c1-4-18-14(17)9-19-13-7-8-16-15-11(3)10(2)5-6-12(13)15/h5-8H,4,9H2,1-3H3. The van der Waals surface area contributed by atoms with E-state index in [9.17, 15) is 4.79 Å². The summed E-state index contributed by atoms with van der Waals surface area (Å²) in [4.78, 5) is 15.7. The van der Waals surface area contributed by atoms with Gasteiger partial charge in [-0.2, -0.15) is 0 Å². The lowest BCUT2D eigenvalue weighted by Crippen LogP contribution is -2.14. The van der Waals surface area contributed by atoms with Gasteiger partial charge in [0.25, 0.3) is 0 Å². The normalized spacial score (nSPS) is 10.5. The zero-order valence-corrected chi connectivity index (χ0v) is 11.4. The van der Waals surface area contributed by atoms with Crippen molar-refractivity contribution in [3.05, 3.63) is 35.5 Å². The quantitative estimate of drug-likeness (QED) is 0.792. The summed E-state index contributed by atoms with van der Waals surface area (Å²) >= 11 is 0. The third-order valence-electron chi connectivity index (χ3n) is 3.05. The molecule has 0 atom stereocenters. The highest BCUT2D eigenvalue weighted by Crippen LogP contribution is 2.27. The number of esters is 1. The molecule has 0 fully saturated rings. The Morgan fingerprint density at radius 2 is 2.05 bits per heavy atom. The molecule has 0 N–H and O–H groups in total.